The number of hydrogen-bond acceptors (Lipinski definition) is 7. The predicted molar refractivity (Wildman–Crippen MR) is 107 cm³/mol. The van der Waals surface area contributed by atoms with Crippen molar-refractivity contribution in [2.45, 2.75) is 6.54 Å². The topological polar surface area (TPSA) is 126 Å². The molecule has 1 aromatic heterocycles. The Labute approximate surface area is 169 Å². The molecule has 2 heterocycles. The van der Waals surface area contributed by atoms with E-state index in [4.69, 9.17) is 9.47 Å². The third-order valence-corrected chi connectivity index (χ3v) is 4.36. The summed E-state index contributed by atoms with van der Waals surface area (Å²) >= 11 is 0. The first kappa shape index (κ1) is 19.1. The van der Waals surface area contributed by atoms with Gasteiger partial charge in [0.05, 0.1) is 10.6 Å². The highest BCUT2D eigenvalue weighted by molar-refractivity contribution is 5.90. The van der Waals surface area contributed by atoms with Crippen molar-refractivity contribution in [3.05, 3.63) is 75.1 Å². The average molecular weight is 408 g/mol. The SMILES string of the molecule is O=C(Cn1nc(-c2ccc([N+](=O)[O-])cc2)ccc1=O)Nc1ccc2c(c1)OCCO2. The zero-order valence-corrected chi connectivity index (χ0v) is 15.6. The normalized spacial score (nSPS) is 12.3. The molecule has 1 N–H and O–H groups in total. The summed E-state index contributed by atoms with van der Waals surface area (Å²) in [5.41, 5.74) is 1.01. The molecule has 0 fully saturated rings. The zero-order chi connectivity index (χ0) is 21.1. The third-order valence-electron chi connectivity index (χ3n) is 4.36. The van der Waals surface area contributed by atoms with Gasteiger partial charge >= 0.3 is 0 Å². The summed E-state index contributed by atoms with van der Waals surface area (Å²) in [5.74, 6) is 0.699. The van der Waals surface area contributed by atoms with Crippen molar-refractivity contribution in [1.29, 1.82) is 0 Å². The molecule has 1 aliphatic heterocycles. The molecule has 3 aromatic rings. The Hall–Kier alpha value is -4.21. The van der Waals surface area contributed by atoms with Crippen molar-refractivity contribution < 1.29 is 19.2 Å². The number of carbonyl (C=O) groups excluding carboxylic acids is 1. The van der Waals surface area contributed by atoms with Crippen LogP contribution in [0.1, 0.15) is 0 Å². The molecule has 0 saturated carbocycles. The molecule has 0 radical (unpaired) electrons. The van der Waals surface area contributed by atoms with Crippen LogP contribution >= 0.6 is 0 Å². The molecule has 10 nitrogen and oxygen atoms in total. The Morgan fingerprint density at radius 2 is 1.80 bits per heavy atom. The van der Waals surface area contributed by atoms with Gasteiger partial charge in [-0.1, -0.05) is 0 Å². The Kier molecular flexibility index (Phi) is 5.12. The van der Waals surface area contributed by atoms with Crippen molar-refractivity contribution in [3.63, 3.8) is 0 Å². The minimum absolute atomic E-state index is 0.0501. The van der Waals surface area contributed by atoms with Crippen LogP contribution in [-0.2, 0) is 11.3 Å². The van der Waals surface area contributed by atoms with E-state index < -0.39 is 16.4 Å². The molecule has 0 saturated heterocycles. The van der Waals surface area contributed by atoms with E-state index in [-0.39, 0.29) is 12.2 Å². The van der Waals surface area contributed by atoms with Crippen molar-refractivity contribution >= 4 is 17.3 Å². The molecule has 152 valence electrons. The fourth-order valence-electron chi connectivity index (χ4n) is 2.93. The first-order chi connectivity index (χ1) is 14.5. The summed E-state index contributed by atoms with van der Waals surface area (Å²) in [7, 11) is 0. The van der Waals surface area contributed by atoms with Crippen LogP contribution in [0.3, 0.4) is 0 Å². The van der Waals surface area contributed by atoms with Crippen LogP contribution in [0.15, 0.2) is 59.4 Å². The van der Waals surface area contributed by atoms with E-state index in [0.717, 1.165) is 4.68 Å². The largest absolute Gasteiger partial charge is 0.486 e. The van der Waals surface area contributed by atoms with Gasteiger partial charge in [-0.2, -0.15) is 5.10 Å². The number of non-ortho nitro benzene ring substituents is 1. The number of nitro benzene ring substituents is 1. The Morgan fingerprint density at radius 1 is 1.07 bits per heavy atom. The quantitative estimate of drug-likeness (QED) is 0.507. The van der Waals surface area contributed by atoms with Crippen LogP contribution in [0.2, 0.25) is 0 Å². The van der Waals surface area contributed by atoms with Gasteiger partial charge < -0.3 is 14.8 Å². The van der Waals surface area contributed by atoms with Crippen LogP contribution in [0.5, 0.6) is 11.5 Å². The van der Waals surface area contributed by atoms with E-state index in [0.29, 0.717) is 41.7 Å². The zero-order valence-electron chi connectivity index (χ0n) is 15.6. The molecule has 0 spiro atoms. The molecule has 30 heavy (non-hydrogen) atoms. The fraction of sp³-hybridized carbons (Fsp3) is 0.150. The van der Waals surface area contributed by atoms with Gasteiger partial charge in [0.15, 0.2) is 11.5 Å². The maximum atomic E-state index is 12.4. The molecule has 10 heteroatoms. The lowest BCUT2D eigenvalue weighted by atomic mass is 10.1. The lowest BCUT2D eigenvalue weighted by Gasteiger charge is -2.19. The van der Waals surface area contributed by atoms with Crippen LogP contribution < -0.4 is 20.3 Å². The molecule has 2 aromatic carbocycles. The molecule has 0 aliphatic carbocycles. The Morgan fingerprint density at radius 3 is 2.53 bits per heavy atom. The highest BCUT2D eigenvalue weighted by Gasteiger charge is 2.14. The average Bonchev–Trinajstić information content (AvgIpc) is 2.75. The molecule has 0 bridgehead atoms. The second kappa shape index (κ2) is 8.03. The number of carbonyl (C=O) groups is 1. The number of nitrogens with one attached hydrogen (secondary N) is 1. The van der Waals surface area contributed by atoms with Gasteiger partial charge in [-0.3, -0.25) is 19.7 Å². The van der Waals surface area contributed by atoms with Gasteiger partial charge in [-0.25, -0.2) is 4.68 Å². The molecule has 4 rings (SSSR count). The van der Waals surface area contributed by atoms with E-state index in [1.807, 2.05) is 0 Å². The van der Waals surface area contributed by atoms with Crippen molar-refractivity contribution in [1.82, 2.24) is 9.78 Å². The highest BCUT2D eigenvalue weighted by Crippen LogP contribution is 2.32. The van der Waals surface area contributed by atoms with Crippen LogP contribution in [-0.4, -0.2) is 33.8 Å². The maximum absolute atomic E-state index is 12.4. The van der Waals surface area contributed by atoms with Gasteiger partial charge in [0, 0.05) is 35.5 Å². The number of fused-ring (bicyclic) bond motifs is 1. The summed E-state index contributed by atoms with van der Waals surface area (Å²) in [4.78, 5) is 34.8. The number of amides is 1. The maximum Gasteiger partial charge on any atom is 0.269 e. The fourth-order valence-corrected chi connectivity index (χ4v) is 2.93. The minimum atomic E-state index is -0.500. The van der Waals surface area contributed by atoms with Crippen LogP contribution in [0.4, 0.5) is 11.4 Å². The Bertz CT molecular complexity index is 1170. The van der Waals surface area contributed by atoms with Crippen molar-refractivity contribution in [3.8, 4) is 22.8 Å². The van der Waals surface area contributed by atoms with Crippen LogP contribution in [0, 0.1) is 10.1 Å². The van der Waals surface area contributed by atoms with Gasteiger partial charge in [-0.05, 0) is 30.3 Å². The van der Waals surface area contributed by atoms with E-state index >= 15 is 0 Å². The number of ether oxygens (including phenoxy) is 2. The molecule has 1 aliphatic rings. The molecule has 0 atom stereocenters. The van der Waals surface area contributed by atoms with E-state index in [9.17, 15) is 19.7 Å². The van der Waals surface area contributed by atoms with Gasteiger partial charge in [-0.15, -0.1) is 0 Å². The number of rotatable bonds is 5. The van der Waals surface area contributed by atoms with Gasteiger partial charge in [0.1, 0.15) is 19.8 Å². The summed E-state index contributed by atoms with van der Waals surface area (Å²) in [6.07, 6.45) is 0. The minimum Gasteiger partial charge on any atom is -0.486 e. The summed E-state index contributed by atoms with van der Waals surface area (Å²) in [5, 5.41) is 17.7. The predicted octanol–water partition coefficient (Wildman–Crippen LogP) is 2.23. The standard InChI is InChI=1S/C20H16N4O6/c25-19(21-14-3-7-17-18(11-14)30-10-9-29-17)12-23-20(26)8-6-16(22-23)13-1-4-15(5-2-13)24(27)28/h1-8,11H,9-10,12H2,(H,21,25). The summed E-state index contributed by atoms with van der Waals surface area (Å²) < 4.78 is 12.0. The number of nitrogens with zero attached hydrogens (tertiary/aromatic N) is 3. The number of benzene rings is 2. The summed E-state index contributed by atoms with van der Waals surface area (Å²) in [6, 6.07) is 13.6. The second-order valence-corrected chi connectivity index (χ2v) is 6.43. The first-order valence-corrected chi connectivity index (χ1v) is 9.02. The third kappa shape index (κ3) is 4.12. The highest BCUT2D eigenvalue weighted by atomic mass is 16.6. The number of aromatic nitrogens is 2. The summed E-state index contributed by atoms with van der Waals surface area (Å²) in [6.45, 7) is 0.603. The molecular formula is C20H16N4O6. The van der Waals surface area contributed by atoms with E-state index in [1.165, 1.54) is 36.4 Å². The number of hydrogen-bond donors (Lipinski definition) is 1. The second-order valence-electron chi connectivity index (χ2n) is 6.43. The number of nitro groups is 1. The lowest BCUT2D eigenvalue weighted by molar-refractivity contribution is -0.384. The smallest absolute Gasteiger partial charge is 0.269 e. The monoisotopic (exact) mass is 408 g/mol. The molecule has 0 unspecified atom stereocenters. The number of anilines is 1. The molecular weight excluding hydrogens is 392 g/mol. The molecule has 1 amide bonds. The Balaban J connectivity index is 1.50. The van der Waals surface area contributed by atoms with E-state index in [1.54, 1.807) is 18.2 Å². The first-order valence-electron chi connectivity index (χ1n) is 9.02. The van der Waals surface area contributed by atoms with E-state index in [2.05, 4.69) is 10.4 Å². The lowest BCUT2D eigenvalue weighted by Crippen LogP contribution is -2.29. The van der Waals surface area contributed by atoms with Gasteiger partial charge in [0.2, 0.25) is 5.91 Å². The van der Waals surface area contributed by atoms with Gasteiger partial charge in [0.25, 0.3) is 11.2 Å². The van der Waals surface area contributed by atoms with Crippen molar-refractivity contribution in [2.75, 3.05) is 18.5 Å². The van der Waals surface area contributed by atoms with Crippen molar-refractivity contribution in [2.24, 2.45) is 0 Å². The van der Waals surface area contributed by atoms with Crippen LogP contribution in [0.25, 0.3) is 11.3 Å².